The summed E-state index contributed by atoms with van der Waals surface area (Å²) in [6.45, 7) is 1.80. The van der Waals surface area contributed by atoms with Gasteiger partial charge >= 0.3 is 7.12 Å². The summed E-state index contributed by atoms with van der Waals surface area (Å²) in [6.07, 6.45) is -2.42. The third-order valence-electron chi connectivity index (χ3n) is 3.62. The number of ether oxygens (including phenoxy) is 2. The van der Waals surface area contributed by atoms with Crippen molar-refractivity contribution in [2.45, 2.75) is 37.6 Å². The molecular weight excluding hydrogens is 247 g/mol. The van der Waals surface area contributed by atoms with E-state index in [1.807, 2.05) is 30.3 Å². The normalized spacial score (nSPS) is 38.3. The standard InChI is InChI=1S/C13H17BO5/c1-8-10(15)11-12(13(16-2)17-8)19-14(18-11)9-6-4-3-5-7-9/h3-8,10-13,15H,1-2H3/t8-,10-,11+,12?,13?/m0/s1. The van der Waals surface area contributed by atoms with Crippen molar-refractivity contribution in [3.05, 3.63) is 30.3 Å². The summed E-state index contributed by atoms with van der Waals surface area (Å²) in [4.78, 5) is 0. The van der Waals surface area contributed by atoms with Crippen LogP contribution in [0.2, 0.25) is 0 Å². The van der Waals surface area contributed by atoms with Crippen molar-refractivity contribution in [3.63, 3.8) is 0 Å². The van der Waals surface area contributed by atoms with E-state index in [1.54, 1.807) is 14.0 Å². The van der Waals surface area contributed by atoms with Crippen LogP contribution >= 0.6 is 0 Å². The van der Waals surface area contributed by atoms with Crippen molar-refractivity contribution in [3.8, 4) is 0 Å². The molecule has 102 valence electrons. The van der Waals surface area contributed by atoms with Gasteiger partial charge in [0, 0.05) is 7.11 Å². The molecule has 3 rings (SSSR count). The summed E-state index contributed by atoms with van der Waals surface area (Å²) in [5, 5.41) is 10.1. The molecule has 2 aliphatic rings. The van der Waals surface area contributed by atoms with Crippen molar-refractivity contribution in [2.24, 2.45) is 0 Å². The van der Waals surface area contributed by atoms with E-state index < -0.39 is 31.7 Å². The quantitative estimate of drug-likeness (QED) is 0.757. The third-order valence-corrected chi connectivity index (χ3v) is 3.62. The fourth-order valence-corrected chi connectivity index (χ4v) is 2.56. The van der Waals surface area contributed by atoms with Gasteiger partial charge in [-0.15, -0.1) is 0 Å². The predicted octanol–water partition coefficient (Wildman–Crippen LogP) is -0.0821. The molecule has 0 bridgehead atoms. The number of hydrogen-bond donors (Lipinski definition) is 1. The number of methoxy groups -OCH3 is 1. The summed E-state index contributed by atoms with van der Waals surface area (Å²) in [5.41, 5.74) is 0.923. The minimum Gasteiger partial charge on any atom is -0.399 e. The highest BCUT2D eigenvalue weighted by molar-refractivity contribution is 6.61. The van der Waals surface area contributed by atoms with E-state index in [4.69, 9.17) is 18.8 Å². The molecule has 2 unspecified atom stereocenters. The van der Waals surface area contributed by atoms with E-state index in [1.165, 1.54) is 0 Å². The van der Waals surface area contributed by atoms with Gasteiger partial charge in [-0.3, -0.25) is 0 Å². The Labute approximate surface area is 112 Å². The first-order valence-corrected chi connectivity index (χ1v) is 6.43. The average Bonchev–Trinajstić information content (AvgIpc) is 2.89. The fourth-order valence-electron chi connectivity index (χ4n) is 2.56. The first kappa shape index (κ1) is 13.1. The molecule has 1 aromatic rings. The molecule has 0 saturated carbocycles. The van der Waals surface area contributed by atoms with Crippen LogP contribution in [0.1, 0.15) is 6.92 Å². The van der Waals surface area contributed by atoms with E-state index in [9.17, 15) is 5.11 Å². The van der Waals surface area contributed by atoms with Crippen LogP contribution in [0.15, 0.2) is 30.3 Å². The molecule has 0 aliphatic carbocycles. The maximum atomic E-state index is 10.1. The molecule has 6 heteroatoms. The van der Waals surface area contributed by atoms with Gasteiger partial charge in [0.1, 0.15) is 18.3 Å². The van der Waals surface area contributed by atoms with E-state index in [2.05, 4.69) is 0 Å². The molecule has 1 N–H and O–H groups in total. The topological polar surface area (TPSA) is 57.2 Å². The highest BCUT2D eigenvalue weighted by Gasteiger charge is 2.53. The van der Waals surface area contributed by atoms with E-state index in [0.29, 0.717) is 0 Å². The zero-order valence-electron chi connectivity index (χ0n) is 10.9. The van der Waals surface area contributed by atoms with Crippen molar-refractivity contribution in [2.75, 3.05) is 7.11 Å². The lowest BCUT2D eigenvalue weighted by atomic mass is 9.79. The maximum absolute atomic E-state index is 10.1. The zero-order valence-corrected chi connectivity index (χ0v) is 10.9. The fraction of sp³-hybridized carbons (Fsp3) is 0.538. The molecule has 5 nitrogen and oxygen atoms in total. The van der Waals surface area contributed by atoms with Gasteiger partial charge in [-0.2, -0.15) is 0 Å². The number of rotatable bonds is 2. The molecule has 0 aromatic heterocycles. The monoisotopic (exact) mass is 264 g/mol. The van der Waals surface area contributed by atoms with E-state index in [0.717, 1.165) is 5.46 Å². The minimum absolute atomic E-state index is 0.343. The lowest BCUT2D eigenvalue weighted by Crippen LogP contribution is -2.55. The largest absolute Gasteiger partial charge is 0.494 e. The average molecular weight is 264 g/mol. The number of fused-ring (bicyclic) bond motifs is 1. The van der Waals surface area contributed by atoms with Crippen LogP contribution in [-0.4, -0.2) is 50.0 Å². The van der Waals surface area contributed by atoms with Gasteiger partial charge in [0.15, 0.2) is 6.29 Å². The summed E-state index contributed by atoms with van der Waals surface area (Å²) in [5.74, 6) is 0. The third kappa shape index (κ3) is 2.30. The van der Waals surface area contributed by atoms with Gasteiger partial charge in [0.05, 0.1) is 6.10 Å². The van der Waals surface area contributed by atoms with Crippen LogP contribution in [0.5, 0.6) is 0 Å². The molecule has 0 amide bonds. The lowest BCUT2D eigenvalue weighted by Gasteiger charge is -2.38. The maximum Gasteiger partial charge on any atom is 0.494 e. The Morgan fingerprint density at radius 1 is 1.16 bits per heavy atom. The number of hydrogen-bond acceptors (Lipinski definition) is 5. The van der Waals surface area contributed by atoms with Crippen LogP contribution in [0.3, 0.4) is 0 Å². The van der Waals surface area contributed by atoms with Crippen LogP contribution in [-0.2, 0) is 18.8 Å². The van der Waals surface area contributed by atoms with E-state index in [-0.39, 0.29) is 6.10 Å². The highest BCUT2D eigenvalue weighted by Crippen LogP contribution is 2.31. The molecule has 2 fully saturated rings. The lowest BCUT2D eigenvalue weighted by molar-refractivity contribution is -0.260. The smallest absolute Gasteiger partial charge is 0.399 e. The Bertz CT molecular complexity index is 422. The Hall–Kier alpha value is -0.915. The second kappa shape index (κ2) is 5.23. The SMILES string of the molecule is COC1O[C@@H](C)[C@H](O)[C@H]2OB(c3ccccc3)OC12. The Morgan fingerprint density at radius 2 is 1.84 bits per heavy atom. The Balaban J connectivity index is 1.81. The summed E-state index contributed by atoms with van der Waals surface area (Å²) in [7, 11) is 1.07. The number of benzene rings is 1. The van der Waals surface area contributed by atoms with Crippen LogP contribution < -0.4 is 5.46 Å². The Kier molecular flexibility index (Phi) is 3.60. The van der Waals surface area contributed by atoms with Gasteiger partial charge < -0.3 is 23.9 Å². The molecule has 19 heavy (non-hydrogen) atoms. The van der Waals surface area contributed by atoms with Gasteiger partial charge in [-0.1, -0.05) is 30.3 Å². The van der Waals surface area contributed by atoms with Crippen molar-refractivity contribution >= 4 is 12.6 Å². The zero-order chi connectivity index (χ0) is 13.4. The predicted molar refractivity (Wildman–Crippen MR) is 68.9 cm³/mol. The Morgan fingerprint density at radius 3 is 2.53 bits per heavy atom. The second-order valence-corrected chi connectivity index (χ2v) is 4.88. The van der Waals surface area contributed by atoms with Gasteiger partial charge in [0.2, 0.25) is 0 Å². The molecular formula is C13H17BO5. The van der Waals surface area contributed by atoms with Crippen molar-refractivity contribution in [1.29, 1.82) is 0 Å². The molecule has 1 aromatic carbocycles. The summed E-state index contributed by atoms with van der Waals surface area (Å²) >= 11 is 0. The van der Waals surface area contributed by atoms with Gasteiger partial charge in [-0.25, -0.2) is 0 Å². The van der Waals surface area contributed by atoms with Crippen LogP contribution in [0.4, 0.5) is 0 Å². The summed E-state index contributed by atoms with van der Waals surface area (Å²) in [6, 6.07) is 9.64. The molecule has 2 aliphatic heterocycles. The first-order valence-electron chi connectivity index (χ1n) is 6.43. The van der Waals surface area contributed by atoms with Gasteiger partial charge in [-0.05, 0) is 12.4 Å². The minimum atomic E-state index is -0.717. The van der Waals surface area contributed by atoms with Crippen LogP contribution in [0.25, 0.3) is 0 Å². The molecule has 5 atom stereocenters. The molecule has 2 saturated heterocycles. The first-order chi connectivity index (χ1) is 9.20. The second-order valence-electron chi connectivity index (χ2n) is 4.88. The number of aliphatic hydroxyl groups is 1. The molecule has 2 heterocycles. The van der Waals surface area contributed by atoms with Crippen LogP contribution in [0, 0.1) is 0 Å². The van der Waals surface area contributed by atoms with Gasteiger partial charge in [0.25, 0.3) is 0 Å². The van der Waals surface area contributed by atoms with Crippen molar-refractivity contribution < 1.29 is 23.9 Å². The molecule has 0 spiro atoms. The summed E-state index contributed by atoms with van der Waals surface area (Å²) < 4.78 is 22.5. The highest BCUT2D eigenvalue weighted by atomic mass is 16.7. The number of aliphatic hydroxyl groups excluding tert-OH is 1. The van der Waals surface area contributed by atoms with E-state index >= 15 is 0 Å². The van der Waals surface area contributed by atoms with Crippen molar-refractivity contribution in [1.82, 2.24) is 0 Å². The molecule has 0 radical (unpaired) electrons.